The minimum Gasteiger partial charge on any atom is -0.424 e. The monoisotopic (exact) mass is 1880 g/mol. The van der Waals surface area contributed by atoms with Crippen molar-refractivity contribution in [3.8, 4) is 91.5 Å². The normalized spacial score (nSPS) is 22.1. The fourth-order valence-corrected chi connectivity index (χ4v) is 24.5. The number of anilines is 8. The SMILES string of the molecule is C=C1NCc2ccc(Oc3nc4c(c(N5CC6[C@H](C[C@H]6N)C5)n3)-c3cc(F)cc(NC)c3C4)cc21.C=C1NCc2ccc(Oc3nc4c(c(N5CC[C@@]6(C[C@H]6N)C5)n3)-c3cc(F)cc(NC)c3C4)cc21.C=C1NCc2ccc(Oc3nc4c(c(N5C[C@H](N)C6(CC6)C5)n3)-c3cc(F)cc(NC)c3C4)cc21.C=C1NCc2ccc(Oc3nc4c(c(N5C[C@H]6CCC[C@H]6C5)n3)-c3cc(F)cc(NC)c3C4)cc21. The summed E-state index contributed by atoms with van der Waals surface area (Å²) in [7, 11) is 7.27. The first-order valence-corrected chi connectivity index (χ1v) is 48.8. The van der Waals surface area contributed by atoms with Crippen molar-refractivity contribution in [3.63, 3.8) is 0 Å². The van der Waals surface area contributed by atoms with Crippen molar-refractivity contribution in [2.24, 2.45) is 51.7 Å². The summed E-state index contributed by atoms with van der Waals surface area (Å²) < 4.78 is 83.1. The number of rotatable bonds is 16. The van der Waals surface area contributed by atoms with Gasteiger partial charge in [0, 0.05) is 251 Å². The van der Waals surface area contributed by atoms with Crippen LogP contribution in [0.3, 0.4) is 0 Å². The van der Waals surface area contributed by atoms with Gasteiger partial charge in [0.25, 0.3) is 0 Å². The third-order valence-corrected chi connectivity index (χ3v) is 32.4. The molecule has 0 bridgehead atoms. The Labute approximate surface area is 808 Å². The van der Waals surface area contributed by atoms with E-state index in [1.165, 1.54) is 59.7 Å². The Hall–Kier alpha value is -14.6. The lowest BCUT2D eigenvalue weighted by atomic mass is 9.72. The Morgan fingerprint density at radius 3 is 0.993 bits per heavy atom. The number of nitrogens with two attached hydrogens (primary N) is 3. The zero-order valence-electron chi connectivity index (χ0n) is 78.6. The van der Waals surface area contributed by atoms with Crippen LogP contribution in [0.2, 0.25) is 0 Å². The molecule has 27 nitrogen and oxygen atoms in total. The van der Waals surface area contributed by atoms with E-state index < -0.39 is 0 Å². The number of ether oxygens (including phenoxy) is 4. The van der Waals surface area contributed by atoms with Gasteiger partial charge in [0.05, 0.1) is 22.8 Å². The summed E-state index contributed by atoms with van der Waals surface area (Å²) in [5.74, 6) is 7.34. The summed E-state index contributed by atoms with van der Waals surface area (Å²) in [6.45, 7) is 26.4. The molecule has 12 aromatic rings. The summed E-state index contributed by atoms with van der Waals surface area (Å²) in [5, 5.41) is 25.6. The molecule has 0 amide bonds. The quantitative estimate of drug-likeness (QED) is 0.0400. The average molecular weight is 1880 g/mol. The number of fused-ring (bicyclic) bond motifs is 18. The number of hydrogen-bond acceptors (Lipinski definition) is 27. The average Bonchev–Trinajstić information content (AvgIpc) is 1.57. The first-order chi connectivity index (χ1) is 67.9. The molecule has 4 aromatic heterocycles. The van der Waals surface area contributed by atoms with E-state index in [1.54, 1.807) is 30.3 Å². The minimum absolute atomic E-state index is 0.106. The Morgan fingerprint density at radius 1 is 0.364 bits per heavy atom. The highest BCUT2D eigenvalue weighted by molar-refractivity contribution is 5.93. The van der Waals surface area contributed by atoms with E-state index in [1.807, 2.05) is 94.9 Å². The highest BCUT2D eigenvalue weighted by Crippen LogP contribution is 2.59. The number of aromatic nitrogens is 8. The molecule has 12 heterocycles. The molecule has 4 saturated heterocycles. The highest BCUT2D eigenvalue weighted by atomic mass is 19.1. The number of hydrogen-bond donors (Lipinski definition) is 11. The van der Waals surface area contributed by atoms with E-state index in [0.29, 0.717) is 96.4 Å². The highest BCUT2D eigenvalue weighted by Gasteiger charge is 2.57. The smallest absolute Gasteiger partial charge is 0.324 e. The molecular weight excluding hydrogens is 1770 g/mol. The maximum absolute atomic E-state index is 14.6. The van der Waals surface area contributed by atoms with Gasteiger partial charge in [0.15, 0.2) is 0 Å². The van der Waals surface area contributed by atoms with Crippen LogP contribution >= 0.6 is 0 Å². The van der Waals surface area contributed by atoms with Gasteiger partial charge in [0.1, 0.15) is 69.5 Å². The molecule has 2 spiro atoms. The number of halogens is 4. The van der Waals surface area contributed by atoms with Crippen LogP contribution in [-0.2, 0) is 51.9 Å². The lowest BCUT2D eigenvalue weighted by Gasteiger charge is -2.36. The lowest BCUT2D eigenvalue weighted by molar-refractivity contribution is 0.194. The molecule has 712 valence electrons. The fraction of sp³-hybridized carbons (Fsp3) is 0.339. The first-order valence-electron chi connectivity index (χ1n) is 48.8. The largest absolute Gasteiger partial charge is 0.424 e. The van der Waals surface area contributed by atoms with Gasteiger partial charge in [-0.15, -0.1) is 0 Å². The molecule has 16 aliphatic rings. The third kappa shape index (κ3) is 15.0. The predicted molar refractivity (Wildman–Crippen MR) is 537 cm³/mol. The zero-order valence-corrected chi connectivity index (χ0v) is 78.6. The molecular formula is C109H109F4N23O4. The van der Waals surface area contributed by atoms with Crippen molar-refractivity contribution in [1.82, 2.24) is 61.1 Å². The summed E-state index contributed by atoms with van der Waals surface area (Å²) >= 11 is 0. The van der Waals surface area contributed by atoms with Crippen LogP contribution in [0.15, 0.2) is 148 Å². The summed E-state index contributed by atoms with van der Waals surface area (Å²) in [4.78, 5) is 48.1. The molecule has 8 aromatic carbocycles. The third-order valence-electron chi connectivity index (χ3n) is 32.4. The molecule has 8 aliphatic carbocycles. The van der Waals surface area contributed by atoms with Crippen molar-refractivity contribution in [3.05, 3.63) is 260 Å². The molecule has 4 saturated carbocycles. The maximum Gasteiger partial charge on any atom is 0.324 e. The van der Waals surface area contributed by atoms with E-state index in [-0.39, 0.29) is 52.2 Å². The predicted octanol–water partition coefficient (Wildman–Crippen LogP) is 17.3. The molecule has 8 atom stereocenters. The lowest BCUT2D eigenvalue weighted by Crippen LogP contribution is -2.46. The van der Waals surface area contributed by atoms with E-state index in [9.17, 15) is 17.6 Å². The molecule has 31 heteroatoms. The molecule has 0 radical (unpaired) electrons. The van der Waals surface area contributed by atoms with E-state index >= 15 is 0 Å². The minimum atomic E-state index is -0.281. The van der Waals surface area contributed by atoms with Crippen molar-refractivity contribution in [1.29, 1.82) is 0 Å². The van der Waals surface area contributed by atoms with Gasteiger partial charge in [-0.25, -0.2) is 17.6 Å². The van der Waals surface area contributed by atoms with Gasteiger partial charge in [-0.2, -0.15) is 39.9 Å². The molecule has 140 heavy (non-hydrogen) atoms. The van der Waals surface area contributed by atoms with Crippen LogP contribution in [0.25, 0.3) is 67.3 Å². The number of nitrogens with zero attached hydrogens (tertiary/aromatic N) is 12. The van der Waals surface area contributed by atoms with E-state index in [4.69, 9.17) is 76.0 Å². The van der Waals surface area contributed by atoms with E-state index in [2.05, 4.69) is 94.5 Å². The Bertz CT molecular complexity index is 6880. The van der Waals surface area contributed by atoms with Gasteiger partial charge in [-0.05, 0) is 232 Å². The first kappa shape index (κ1) is 87.0. The summed E-state index contributed by atoms with van der Waals surface area (Å²) in [5.41, 5.74) is 49.9. The zero-order chi connectivity index (χ0) is 95.3. The Balaban J connectivity index is 0.0000000985. The maximum atomic E-state index is 14.6. The Kier molecular flexibility index (Phi) is 20.7. The van der Waals surface area contributed by atoms with Crippen LogP contribution in [0.4, 0.5) is 63.6 Å². The molecule has 14 N–H and O–H groups in total. The second-order valence-electron chi connectivity index (χ2n) is 40.5. The summed E-state index contributed by atoms with van der Waals surface area (Å²) in [6, 6.07) is 38.3. The standard InChI is InChI=1S/C28H28FN5O.3C27H27FN6O/c1-15-21-10-20(7-6-16(21)12-31-15)35-28-32-25-11-22-23(8-19(29)9-24(22)30-2)26(25)27(33-28)34-13-17-4-3-5-18(17)14-34;1-13-18-8-17(4-3-14(18)10-31-13)35-27-32-24-9-19-20(6-16(28)7-23(19)30-2)25(24)26(33-27)34-11-15-5-22(29)21(15)12-34;1-14-18-9-17(4-3-15(18)12-31-14)35-26-32-22-10-19-20(7-16(28)8-21(19)30-2)24(22)25(33-26)34-6-5-27(13-34)11-23(27)29;1-14-18-9-17(4-3-15(18)11-31-14)35-26-32-22-10-19-20(7-16(28)8-21(19)30-2)24(22)25(33-26)34-12-23(29)27(13-34)5-6-27/h6-10,17-18,30-31H,1,3-5,11-14H2,2H3;3-4,6-8,15,21-22,30-31H,1,5,9-12,29H2,2H3;2*3-4,7-9,23,30-31H,1,5-6,10-13,29H2,2H3/t17-,18+;15-,21?,22-;23-,27-;23-/m.110/s1. The molecule has 8 fully saturated rings. The van der Waals surface area contributed by atoms with Crippen LogP contribution in [0.1, 0.15) is 141 Å². The molecule has 1 unspecified atom stereocenters. The number of benzene rings is 8. The van der Waals surface area contributed by atoms with Crippen molar-refractivity contribution in [2.45, 2.75) is 121 Å². The van der Waals surface area contributed by atoms with Crippen LogP contribution < -0.4 is 98.3 Å². The van der Waals surface area contributed by atoms with Gasteiger partial charge in [-0.3, -0.25) is 0 Å². The van der Waals surface area contributed by atoms with Crippen molar-refractivity contribution >= 4 is 68.8 Å². The number of nitrogens with one attached hydrogen (secondary N) is 8. The van der Waals surface area contributed by atoms with E-state index in [0.717, 1.165) is 291 Å². The summed E-state index contributed by atoms with van der Waals surface area (Å²) in [6.07, 6.45) is 11.7. The fourth-order valence-electron chi connectivity index (χ4n) is 24.5. The van der Waals surface area contributed by atoms with Gasteiger partial charge in [-0.1, -0.05) is 57.0 Å². The van der Waals surface area contributed by atoms with Crippen LogP contribution in [0.5, 0.6) is 47.0 Å². The van der Waals surface area contributed by atoms with Gasteiger partial charge < -0.3 is 98.3 Å². The van der Waals surface area contributed by atoms with Crippen molar-refractivity contribution in [2.75, 3.05) is 121 Å². The van der Waals surface area contributed by atoms with Crippen LogP contribution in [0, 0.1) is 57.8 Å². The second-order valence-corrected chi connectivity index (χ2v) is 40.5. The van der Waals surface area contributed by atoms with Crippen LogP contribution in [-0.4, -0.2) is 139 Å². The van der Waals surface area contributed by atoms with Crippen molar-refractivity contribution < 1.29 is 36.5 Å². The topological polar surface area (TPSA) is 327 Å². The van der Waals surface area contributed by atoms with Gasteiger partial charge in [0.2, 0.25) is 0 Å². The Morgan fingerprint density at radius 2 is 0.686 bits per heavy atom. The second kappa shape index (κ2) is 33.4. The molecule has 28 rings (SSSR count). The molecule has 8 aliphatic heterocycles. The van der Waals surface area contributed by atoms with Gasteiger partial charge >= 0.3 is 24.0 Å².